The Balaban J connectivity index is 2.38. The number of hydrogen-bond acceptors (Lipinski definition) is 3. The predicted octanol–water partition coefficient (Wildman–Crippen LogP) is 3.04. The molecule has 16 heavy (non-hydrogen) atoms. The van der Waals surface area contributed by atoms with E-state index in [9.17, 15) is 17.6 Å². The average Bonchev–Trinajstić information content (AvgIpc) is 2.13. The standard InChI is InChI=1S/C9H9F4NOS/c10-7-5-6(14)1-2-8(7)15-3-4-16-9(11,12)13/h1-2,5H,3-4,14H2. The molecule has 0 atom stereocenters. The Hall–Kier alpha value is -1.11. The number of alkyl halides is 3. The monoisotopic (exact) mass is 255 g/mol. The van der Waals surface area contributed by atoms with Crippen molar-refractivity contribution in [1.29, 1.82) is 0 Å². The van der Waals surface area contributed by atoms with Gasteiger partial charge in [0, 0.05) is 17.5 Å². The molecule has 0 amide bonds. The molecule has 2 N–H and O–H groups in total. The lowest BCUT2D eigenvalue weighted by molar-refractivity contribution is -0.0329. The van der Waals surface area contributed by atoms with Crippen LogP contribution in [0.4, 0.5) is 23.2 Å². The molecule has 0 heterocycles. The van der Waals surface area contributed by atoms with E-state index in [1.54, 1.807) is 0 Å². The van der Waals surface area contributed by atoms with Gasteiger partial charge in [-0.3, -0.25) is 0 Å². The van der Waals surface area contributed by atoms with E-state index in [0.717, 1.165) is 6.07 Å². The summed E-state index contributed by atoms with van der Waals surface area (Å²) in [5.41, 5.74) is 1.23. The molecule has 0 saturated carbocycles. The number of thioether (sulfide) groups is 1. The third-order valence-corrected chi connectivity index (χ3v) is 2.26. The number of anilines is 1. The minimum atomic E-state index is -4.29. The van der Waals surface area contributed by atoms with E-state index in [-0.39, 0.29) is 35.6 Å². The number of ether oxygens (including phenoxy) is 1. The van der Waals surface area contributed by atoms with Gasteiger partial charge in [0.25, 0.3) is 0 Å². The first-order chi connectivity index (χ1) is 7.38. The van der Waals surface area contributed by atoms with E-state index in [4.69, 9.17) is 10.5 Å². The van der Waals surface area contributed by atoms with Crippen LogP contribution in [0.25, 0.3) is 0 Å². The topological polar surface area (TPSA) is 35.2 Å². The molecular weight excluding hydrogens is 246 g/mol. The van der Waals surface area contributed by atoms with Crippen molar-refractivity contribution in [2.24, 2.45) is 0 Å². The molecule has 1 rings (SSSR count). The third kappa shape index (κ3) is 4.61. The summed E-state index contributed by atoms with van der Waals surface area (Å²) in [5, 5.41) is 0. The zero-order chi connectivity index (χ0) is 12.2. The van der Waals surface area contributed by atoms with Gasteiger partial charge in [0.05, 0.1) is 6.61 Å². The number of rotatable bonds is 4. The fourth-order valence-electron chi connectivity index (χ4n) is 0.943. The second kappa shape index (κ2) is 5.29. The summed E-state index contributed by atoms with van der Waals surface area (Å²) in [5.74, 6) is -1.07. The van der Waals surface area contributed by atoms with Crippen LogP contribution in [0.2, 0.25) is 0 Å². The highest BCUT2D eigenvalue weighted by atomic mass is 32.2. The normalized spacial score (nSPS) is 11.5. The molecule has 0 aliphatic carbocycles. The highest BCUT2D eigenvalue weighted by Crippen LogP contribution is 2.30. The average molecular weight is 255 g/mol. The third-order valence-electron chi connectivity index (χ3n) is 1.56. The minimum Gasteiger partial charge on any atom is -0.490 e. The van der Waals surface area contributed by atoms with Crippen molar-refractivity contribution in [3.05, 3.63) is 24.0 Å². The molecule has 0 aromatic heterocycles. The van der Waals surface area contributed by atoms with Crippen molar-refractivity contribution in [3.63, 3.8) is 0 Å². The molecule has 1 aromatic rings. The van der Waals surface area contributed by atoms with Crippen LogP contribution in [-0.2, 0) is 0 Å². The molecule has 0 radical (unpaired) electrons. The van der Waals surface area contributed by atoms with Gasteiger partial charge in [-0.1, -0.05) is 0 Å². The van der Waals surface area contributed by atoms with Crippen LogP contribution >= 0.6 is 11.8 Å². The lowest BCUT2D eigenvalue weighted by atomic mass is 10.3. The number of nitrogens with two attached hydrogens (primary N) is 1. The molecular formula is C9H9F4NOS. The highest BCUT2D eigenvalue weighted by molar-refractivity contribution is 8.00. The maximum Gasteiger partial charge on any atom is 0.441 e. The predicted molar refractivity (Wildman–Crippen MR) is 54.8 cm³/mol. The number of hydrogen-bond donors (Lipinski definition) is 1. The van der Waals surface area contributed by atoms with Gasteiger partial charge >= 0.3 is 5.51 Å². The molecule has 90 valence electrons. The van der Waals surface area contributed by atoms with E-state index in [1.807, 2.05) is 0 Å². The Morgan fingerprint density at radius 2 is 2.00 bits per heavy atom. The van der Waals surface area contributed by atoms with Crippen molar-refractivity contribution in [2.75, 3.05) is 18.1 Å². The second-order valence-corrected chi connectivity index (χ2v) is 3.99. The Morgan fingerprint density at radius 1 is 1.31 bits per heavy atom. The van der Waals surface area contributed by atoms with Crippen LogP contribution in [0.3, 0.4) is 0 Å². The first-order valence-corrected chi connectivity index (χ1v) is 5.25. The summed E-state index contributed by atoms with van der Waals surface area (Å²) in [4.78, 5) is 0. The zero-order valence-electron chi connectivity index (χ0n) is 8.05. The maximum absolute atomic E-state index is 13.1. The molecule has 0 unspecified atom stereocenters. The van der Waals surface area contributed by atoms with Gasteiger partial charge in [0.1, 0.15) is 0 Å². The molecule has 2 nitrogen and oxygen atoms in total. The maximum atomic E-state index is 13.1. The van der Waals surface area contributed by atoms with Crippen molar-refractivity contribution in [3.8, 4) is 5.75 Å². The summed E-state index contributed by atoms with van der Waals surface area (Å²) in [6, 6.07) is 3.74. The fourth-order valence-corrected chi connectivity index (χ4v) is 1.34. The molecule has 0 bridgehead atoms. The highest BCUT2D eigenvalue weighted by Gasteiger charge is 2.27. The van der Waals surface area contributed by atoms with E-state index < -0.39 is 11.3 Å². The van der Waals surface area contributed by atoms with Gasteiger partial charge in [-0.2, -0.15) is 13.2 Å². The second-order valence-electron chi connectivity index (χ2n) is 2.83. The molecule has 0 spiro atoms. The van der Waals surface area contributed by atoms with Crippen LogP contribution in [0.15, 0.2) is 18.2 Å². The Morgan fingerprint density at radius 3 is 2.56 bits per heavy atom. The minimum absolute atomic E-state index is 0.100. The largest absolute Gasteiger partial charge is 0.490 e. The first-order valence-electron chi connectivity index (χ1n) is 4.27. The number of benzene rings is 1. The fraction of sp³-hybridized carbons (Fsp3) is 0.333. The van der Waals surface area contributed by atoms with Gasteiger partial charge in [0.15, 0.2) is 11.6 Å². The van der Waals surface area contributed by atoms with Gasteiger partial charge in [-0.25, -0.2) is 4.39 Å². The Bertz CT molecular complexity index is 356. The Kier molecular flexibility index (Phi) is 4.28. The molecule has 7 heteroatoms. The van der Waals surface area contributed by atoms with Crippen LogP contribution in [0.5, 0.6) is 5.75 Å². The van der Waals surface area contributed by atoms with E-state index >= 15 is 0 Å². The lowest BCUT2D eigenvalue weighted by Gasteiger charge is -2.08. The SMILES string of the molecule is Nc1ccc(OCCSC(F)(F)F)c(F)c1. The lowest BCUT2D eigenvalue weighted by Crippen LogP contribution is -2.08. The van der Waals surface area contributed by atoms with Gasteiger partial charge in [-0.05, 0) is 23.9 Å². The van der Waals surface area contributed by atoms with Crippen LogP contribution in [-0.4, -0.2) is 17.9 Å². The molecule has 0 fully saturated rings. The molecule has 0 saturated heterocycles. The number of halogens is 4. The molecule has 0 aliphatic heterocycles. The molecule has 1 aromatic carbocycles. The zero-order valence-corrected chi connectivity index (χ0v) is 8.87. The summed E-state index contributed by atoms with van der Waals surface area (Å²) in [7, 11) is 0. The van der Waals surface area contributed by atoms with Crippen molar-refractivity contribution in [1.82, 2.24) is 0 Å². The smallest absolute Gasteiger partial charge is 0.441 e. The van der Waals surface area contributed by atoms with Crippen molar-refractivity contribution >= 4 is 17.4 Å². The summed E-state index contributed by atoms with van der Waals surface area (Å²) < 4.78 is 53.1. The Labute approximate surface area is 93.8 Å². The van der Waals surface area contributed by atoms with Crippen LogP contribution < -0.4 is 10.5 Å². The first kappa shape index (κ1) is 13.0. The summed E-state index contributed by atoms with van der Waals surface area (Å²) >= 11 is -0.210. The van der Waals surface area contributed by atoms with E-state index in [2.05, 4.69) is 0 Å². The quantitative estimate of drug-likeness (QED) is 0.510. The number of nitrogen functional groups attached to an aromatic ring is 1. The van der Waals surface area contributed by atoms with Gasteiger partial charge in [0.2, 0.25) is 0 Å². The molecule has 0 aliphatic rings. The van der Waals surface area contributed by atoms with Crippen molar-refractivity contribution in [2.45, 2.75) is 5.51 Å². The van der Waals surface area contributed by atoms with E-state index in [0.29, 0.717) is 0 Å². The van der Waals surface area contributed by atoms with Crippen molar-refractivity contribution < 1.29 is 22.3 Å². The summed E-state index contributed by atoms with van der Waals surface area (Å²) in [6.45, 7) is -0.217. The van der Waals surface area contributed by atoms with Gasteiger partial charge in [-0.15, -0.1) is 0 Å². The van der Waals surface area contributed by atoms with Crippen LogP contribution in [0, 0.1) is 5.82 Å². The summed E-state index contributed by atoms with van der Waals surface area (Å²) in [6.07, 6.45) is 0. The van der Waals surface area contributed by atoms with Gasteiger partial charge < -0.3 is 10.5 Å². The van der Waals surface area contributed by atoms with Crippen LogP contribution in [0.1, 0.15) is 0 Å². The van der Waals surface area contributed by atoms with E-state index in [1.165, 1.54) is 12.1 Å².